The lowest BCUT2D eigenvalue weighted by molar-refractivity contribution is -0.257. The van der Waals surface area contributed by atoms with Crippen molar-refractivity contribution >= 4 is 0 Å². The molecule has 1 saturated heterocycles. The molecule has 13 heavy (non-hydrogen) atoms. The molecule has 0 N–H and O–H groups in total. The molecule has 0 aromatic rings. The maximum atomic E-state index is 5.77. The van der Waals surface area contributed by atoms with Gasteiger partial charge in [0.1, 0.15) is 5.60 Å². The van der Waals surface area contributed by atoms with Crippen molar-refractivity contribution in [1.29, 1.82) is 0 Å². The van der Waals surface area contributed by atoms with Gasteiger partial charge in [0.05, 0.1) is 0 Å². The van der Waals surface area contributed by atoms with Gasteiger partial charge in [0, 0.05) is 20.8 Å². The second-order valence-electron chi connectivity index (χ2n) is 3.88. The summed E-state index contributed by atoms with van der Waals surface area (Å²) >= 11 is 0. The van der Waals surface area contributed by atoms with Gasteiger partial charge < -0.3 is 14.2 Å². The maximum Gasteiger partial charge on any atom is 0.185 e. The number of rotatable bonds is 3. The van der Waals surface area contributed by atoms with E-state index in [1.54, 1.807) is 14.2 Å². The van der Waals surface area contributed by atoms with Crippen molar-refractivity contribution in [2.24, 2.45) is 5.92 Å². The third-order valence-corrected chi connectivity index (χ3v) is 3.07. The fraction of sp³-hybridized carbons (Fsp3) is 1.00. The second kappa shape index (κ2) is 4.40. The topological polar surface area (TPSA) is 27.7 Å². The van der Waals surface area contributed by atoms with Crippen molar-refractivity contribution in [3.8, 4) is 0 Å². The molecule has 1 aliphatic heterocycles. The van der Waals surface area contributed by atoms with Crippen LogP contribution in [0.5, 0.6) is 0 Å². The van der Waals surface area contributed by atoms with Crippen molar-refractivity contribution in [2.45, 2.75) is 38.6 Å². The van der Waals surface area contributed by atoms with E-state index in [2.05, 4.69) is 13.8 Å². The Bertz CT molecular complexity index is 156. The van der Waals surface area contributed by atoms with Gasteiger partial charge in [-0.3, -0.25) is 0 Å². The van der Waals surface area contributed by atoms with Crippen molar-refractivity contribution in [2.75, 3.05) is 20.8 Å². The average molecular weight is 188 g/mol. The predicted molar refractivity (Wildman–Crippen MR) is 50.6 cm³/mol. The molecular weight excluding hydrogens is 168 g/mol. The summed E-state index contributed by atoms with van der Waals surface area (Å²) in [7, 11) is 3.31. The standard InChI is InChI=1S/C10H20O3/c1-8-6-5-7-13-10(8,2)9(11-3)12-4/h8-9H,5-7H2,1-4H3/t8-,10-/m1/s1. The molecule has 0 aromatic carbocycles. The van der Waals surface area contributed by atoms with Crippen LogP contribution in [0, 0.1) is 5.92 Å². The molecule has 0 spiro atoms. The molecule has 1 fully saturated rings. The molecule has 3 nitrogen and oxygen atoms in total. The molecule has 0 bridgehead atoms. The third kappa shape index (κ3) is 2.03. The lowest BCUT2D eigenvalue weighted by Crippen LogP contribution is -2.51. The molecular formula is C10H20O3. The lowest BCUT2D eigenvalue weighted by atomic mass is 9.84. The van der Waals surface area contributed by atoms with E-state index in [1.165, 1.54) is 6.42 Å². The molecule has 0 unspecified atom stereocenters. The summed E-state index contributed by atoms with van der Waals surface area (Å²) in [6.07, 6.45) is 2.05. The van der Waals surface area contributed by atoms with Crippen LogP contribution in [0.2, 0.25) is 0 Å². The van der Waals surface area contributed by atoms with Crippen molar-refractivity contribution in [3.63, 3.8) is 0 Å². The molecule has 0 amide bonds. The van der Waals surface area contributed by atoms with Crippen LogP contribution in [-0.4, -0.2) is 32.7 Å². The van der Waals surface area contributed by atoms with E-state index in [-0.39, 0.29) is 11.9 Å². The van der Waals surface area contributed by atoms with E-state index >= 15 is 0 Å². The van der Waals surface area contributed by atoms with Crippen LogP contribution in [0.4, 0.5) is 0 Å². The van der Waals surface area contributed by atoms with Gasteiger partial charge in [-0.2, -0.15) is 0 Å². The maximum absolute atomic E-state index is 5.77. The number of hydrogen-bond donors (Lipinski definition) is 0. The molecule has 0 saturated carbocycles. The van der Waals surface area contributed by atoms with Crippen LogP contribution in [0.3, 0.4) is 0 Å². The summed E-state index contributed by atoms with van der Waals surface area (Å²) in [5, 5.41) is 0. The van der Waals surface area contributed by atoms with Gasteiger partial charge in [0.25, 0.3) is 0 Å². The highest BCUT2D eigenvalue weighted by atomic mass is 16.7. The van der Waals surface area contributed by atoms with Crippen molar-refractivity contribution in [3.05, 3.63) is 0 Å². The smallest absolute Gasteiger partial charge is 0.185 e. The van der Waals surface area contributed by atoms with Crippen LogP contribution in [0.25, 0.3) is 0 Å². The summed E-state index contributed by atoms with van der Waals surface area (Å²) in [6.45, 7) is 5.06. The summed E-state index contributed by atoms with van der Waals surface area (Å²) in [4.78, 5) is 0. The minimum absolute atomic E-state index is 0.261. The van der Waals surface area contributed by atoms with E-state index in [0.29, 0.717) is 5.92 Å². The van der Waals surface area contributed by atoms with Gasteiger partial charge in [-0.15, -0.1) is 0 Å². The van der Waals surface area contributed by atoms with Gasteiger partial charge in [0.15, 0.2) is 6.29 Å². The molecule has 3 heteroatoms. The zero-order chi connectivity index (χ0) is 9.90. The molecule has 1 heterocycles. The number of hydrogen-bond acceptors (Lipinski definition) is 3. The first-order valence-corrected chi connectivity index (χ1v) is 4.84. The Morgan fingerprint density at radius 2 is 2.00 bits per heavy atom. The number of ether oxygens (including phenoxy) is 3. The van der Waals surface area contributed by atoms with Crippen LogP contribution in [0.1, 0.15) is 26.7 Å². The summed E-state index contributed by atoms with van der Waals surface area (Å²) in [5.74, 6) is 0.478. The van der Waals surface area contributed by atoms with E-state index in [1.807, 2.05) is 0 Å². The predicted octanol–water partition coefficient (Wildman–Crippen LogP) is 1.81. The first-order chi connectivity index (χ1) is 6.15. The summed E-state index contributed by atoms with van der Waals surface area (Å²) in [6, 6.07) is 0. The second-order valence-corrected chi connectivity index (χ2v) is 3.88. The van der Waals surface area contributed by atoms with Crippen LogP contribution in [-0.2, 0) is 14.2 Å². The Morgan fingerprint density at radius 1 is 1.38 bits per heavy atom. The van der Waals surface area contributed by atoms with Gasteiger partial charge >= 0.3 is 0 Å². The largest absolute Gasteiger partial charge is 0.370 e. The van der Waals surface area contributed by atoms with E-state index in [4.69, 9.17) is 14.2 Å². The third-order valence-electron chi connectivity index (χ3n) is 3.07. The van der Waals surface area contributed by atoms with Gasteiger partial charge in [-0.1, -0.05) is 6.92 Å². The Kier molecular flexibility index (Phi) is 3.71. The highest BCUT2D eigenvalue weighted by Gasteiger charge is 2.42. The first kappa shape index (κ1) is 11.0. The fourth-order valence-corrected chi connectivity index (χ4v) is 1.98. The molecule has 0 radical (unpaired) electrons. The minimum atomic E-state index is -0.290. The normalized spacial score (nSPS) is 35.3. The zero-order valence-corrected chi connectivity index (χ0v) is 9.00. The Hall–Kier alpha value is -0.120. The molecule has 1 rings (SSSR count). The first-order valence-electron chi connectivity index (χ1n) is 4.84. The molecule has 2 atom stereocenters. The van der Waals surface area contributed by atoms with Gasteiger partial charge in [-0.05, 0) is 25.7 Å². The van der Waals surface area contributed by atoms with Gasteiger partial charge in [-0.25, -0.2) is 0 Å². The lowest BCUT2D eigenvalue weighted by Gasteiger charge is -2.43. The van der Waals surface area contributed by atoms with E-state index in [0.717, 1.165) is 13.0 Å². The minimum Gasteiger partial charge on any atom is -0.370 e. The van der Waals surface area contributed by atoms with Gasteiger partial charge in [0.2, 0.25) is 0 Å². The molecule has 78 valence electrons. The van der Waals surface area contributed by atoms with E-state index < -0.39 is 0 Å². The molecule has 0 aromatic heterocycles. The van der Waals surface area contributed by atoms with Crippen LogP contribution in [0.15, 0.2) is 0 Å². The quantitative estimate of drug-likeness (QED) is 0.632. The summed E-state index contributed by atoms with van der Waals surface area (Å²) < 4.78 is 16.3. The van der Waals surface area contributed by atoms with Crippen molar-refractivity contribution < 1.29 is 14.2 Å². The Balaban J connectivity index is 2.69. The van der Waals surface area contributed by atoms with Crippen LogP contribution < -0.4 is 0 Å². The summed E-state index contributed by atoms with van der Waals surface area (Å²) in [5.41, 5.74) is -0.290. The molecule has 1 aliphatic rings. The highest BCUT2D eigenvalue weighted by Crippen LogP contribution is 2.34. The fourth-order valence-electron chi connectivity index (χ4n) is 1.98. The van der Waals surface area contributed by atoms with Crippen LogP contribution >= 0.6 is 0 Å². The number of methoxy groups -OCH3 is 2. The Morgan fingerprint density at radius 3 is 2.46 bits per heavy atom. The molecule has 0 aliphatic carbocycles. The zero-order valence-electron chi connectivity index (χ0n) is 9.00. The van der Waals surface area contributed by atoms with E-state index in [9.17, 15) is 0 Å². The SMILES string of the molecule is COC(OC)[C@]1(C)OCCC[C@H]1C. The Labute approximate surface area is 80.4 Å². The highest BCUT2D eigenvalue weighted by molar-refractivity contribution is 4.87. The monoisotopic (exact) mass is 188 g/mol. The van der Waals surface area contributed by atoms with Crippen molar-refractivity contribution in [1.82, 2.24) is 0 Å². The average Bonchev–Trinajstić information content (AvgIpc) is 2.12.